The molecule has 0 spiro atoms. The van der Waals surface area contributed by atoms with Gasteiger partial charge in [0.25, 0.3) is 0 Å². The molecular formula is C18H29NOS. The molecule has 3 rings (SSSR count). The minimum Gasteiger partial charge on any atom is -0.378 e. The maximum absolute atomic E-state index is 5.75. The molecule has 0 amide bonds. The van der Waals surface area contributed by atoms with E-state index in [2.05, 4.69) is 29.6 Å². The van der Waals surface area contributed by atoms with E-state index in [1.54, 1.807) is 15.3 Å². The third kappa shape index (κ3) is 4.08. The third-order valence-corrected chi connectivity index (χ3v) is 6.14. The number of fused-ring (bicyclic) bond motifs is 1. The van der Waals surface area contributed by atoms with E-state index in [-0.39, 0.29) is 0 Å². The highest BCUT2D eigenvalue weighted by molar-refractivity contribution is 7.12. The molecule has 1 aromatic heterocycles. The number of hydrogen-bond acceptors (Lipinski definition) is 3. The highest BCUT2D eigenvalue weighted by Gasteiger charge is 2.21. The van der Waals surface area contributed by atoms with E-state index in [0.29, 0.717) is 12.1 Å². The summed E-state index contributed by atoms with van der Waals surface area (Å²) in [6.07, 6.45) is 12.1. The fourth-order valence-electron chi connectivity index (χ4n) is 3.61. The van der Waals surface area contributed by atoms with Crippen molar-refractivity contribution in [3.05, 3.63) is 21.4 Å². The lowest BCUT2D eigenvalue weighted by molar-refractivity contribution is 0.101. The molecule has 1 saturated heterocycles. The fourth-order valence-corrected chi connectivity index (χ4v) is 4.98. The Morgan fingerprint density at radius 2 is 2.33 bits per heavy atom. The van der Waals surface area contributed by atoms with Crippen LogP contribution >= 0.6 is 11.3 Å². The summed E-state index contributed by atoms with van der Waals surface area (Å²) < 4.78 is 5.75. The highest BCUT2D eigenvalue weighted by atomic mass is 32.1. The first-order valence-electron chi connectivity index (χ1n) is 8.83. The normalized spacial score (nSPS) is 22.6. The smallest absolute Gasteiger partial charge is 0.0576 e. The SMILES string of the molecule is CCCNC(CCCC1CCCO1)c1cc2c(s1)CCC2. The van der Waals surface area contributed by atoms with Crippen LogP contribution < -0.4 is 5.32 Å². The van der Waals surface area contributed by atoms with Gasteiger partial charge in [0.2, 0.25) is 0 Å². The summed E-state index contributed by atoms with van der Waals surface area (Å²) in [6, 6.07) is 3.06. The van der Waals surface area contributed by atoms with E-state index in [9.17, 15) is 0 Å². The van der Waals surface area contributed by atoms with Gasteiger partial charge in [-0.3, -0.25) is 0 Å². The Bertz CT molecular complexity index is 415. The molecule has 118 valence electrons. The van der Waals surface area contributed by atoms with Gasteiger partial charge in [0, 0.05) is 22.4 Å². The molecule has 1 N–H and O–H groups in total. The molecule has 3 heteroatoms. The molecule has 0 saturated carbocycles. The first-order valence-corrected chi connectivity index (χ1v) is 9.65. The zero-order valence-electron chi connectivity index (χ0n) is 13.3. The second-order valence-corrected chi connectivity index (χ2v) is 7.69. The Morgan fingerprint density at radius 1 is 1.38 bits per heavy atom. The van der Waals surface area contributed by atoms with Crippen LogP contribution in [0.1, 0.15) is 73.2 Å². The first-order chi connectivity index (χ1) is 10.4. The Labute approximate surface area is 133 Å². The molecule has 2 atom stereocenters. The van der Waals surface area contributed by atoms with Gasteiger partial charge in [-0.2, -0.15) is 0 Å². The van der Waals surface area contributed by atoms with Crippen LogP contribution in [0.15, 0.2) is 6.07 Å². The standard InChI is InChI=1S/C18H29NOS/c1-2-11-19-16(9-4-7-15-8-5-12-20-15)18-13-14-6-3-10-17(14)21-18/h13,15-16,19H,2-12H2,1H3. The van der Waals surface area contributed by atoms with Crippen LogP contribution in [0.4, 0.5) is 0 Å². The number of hydrogen-bond donors (Lipinski definition) is 1. The van der Waals surface area contributed by atoms with Gasteiger partial charge in [0.1, 0.15) is 0 Å². The van der Waals surface area contributed by atoms with Crippen LogP contribution in [0.5, 0.6) is 0 Å². The van der Waals surface area contributed by atoms with Crippen molar-refractivity contribution < 1.29 is 4.74 Å². The largest absolute Gasteiger partial charge is 0.378 e. The van der Waals surface area contributed by atoms with Crippen LogP contribution in [-0.2, 0) is 17.6 Å². The summed E-state index contributed by atoms with van der Waals surface area (Å²) in [4.78, 5) is 3.24. The van der Waals surface area contributed by atoms with Crippen LogP contribution in [0.2, 0.25) is 0 Å². The topological polar surface area (TPSA) is 21.3 Å². The van der Waals surface area contributed by atoms with Gasteiger partial charge in [-0.15, -0.1) is 11.3 Å². The van der Waals surface area contributed by atoms with Crippen molar-refractivity contribution in [2.45, 2.75) is 76.9 Å². The predicted molar refractivity (Wildman–Crippen MR) is 90.2 cm³/mol. The zero-order chi connectivity index (χ0) is 14.5. The number of thiophene rings is 1. The molecule has 0 bridgehead atoms. The van der Waals surface area contributed by atoms with E-state index in [1.807, 2.05) is 0 Å². The number of ether oxygens (including phenoxy) is 1. The van der Waals surface area contributed by atoms with Gasteiger partial charge in [-0.05, 0) is 76.0 Å². The summed E-state index contributed by atoms with van der Waals surface area (Å²) in [5.74, 6) is 0. The molecule has 0 radical (unpaired) electrons. The van der Waals surface area contributed by atoms with Crippen molar-refractivity contribution >= 4 is 11.3 Å². The average molecular weight is 308 g/mol. The van der Waals surface area contributed by atoms with Crippen LogP contribution in [0, 0.1) is 0 Å². The summed E-state index contributed by atoms with van der Waals surface area (Å²) in [7, 11) is 0. The van der Waals surface area contributed by atoms with E-state index in [0.717, 1.165) is 13.2 Å². The van der Waals surface area contributed by atoms with Gasteiger partial charge in [-0.25, -0.2) is 0 Å². The molecule has 21 heavy (non-hydrogen) atoms. The molecule has 0 aromatic carbocycles. The van der Waals surface area contributed by atoms with Crippen LogP contribution in [-0.4, -0.2) is 19.3 Å². The number of nitrogens with one attached hydrogen (secondary N) is 1. The highest BCUT2D eigenvalue weighted by Crippen LogP contribution is 2.35. The molecule has 1 aliphatic carbocycles. The first kappa shape index (κ1) is 15.5. The van der Waals surface area contributed by atoms with Crippen molar-refractivity contribution in [1.29, 1.82) is 0 Å². The second-order valence-electron chi connectivity index (χ2n) is 6.52. The number of aryl methyl sites for hydroxylation is 2. The van der Waals surface area contributed by atoms with Crippen molar-refractivity contribution in [2.75, 3.05) is 13.2 Å². The second kappa shape index (κ2) is 7.75. The summed E-state index contributed by atoms with van der Waals surface area (Å²) >= 11 is 2.07. The lowest BCUT2D eigenvalue weighted by atomic mass is 10.0. The summed E-state index contributed by atoms with van der Waals surface area (Å²) in [5.41, 5.74) is 1.64. The quantitative estimate of drug-likeness (QED) is 0.756. The summed E-state index contributed by atoms with van der Waals surface area (Å²) in [6.45, 7) is 4.37. The fraction of sp³-hybridized carbons (Fsp3) is 0.778. The molecule has 1 aliphatic heterocycles. The van der Waals surface area contributed by atoms with Crippen molar-refractivity contribution in [1.82, 2.24) is 5.32 Å². The van der Waals surface area contributed by atoms with E-state index >= 15 is 0 Å². The molecular weight excluding hydrogens is 278 g/mol. The molecule has 1 aromatic rings. The molecule has 2 heterocycles. The van der Waals surface area contributed by atoms with Crippen LogP contribution in [0.25, 0.3) is 0 Å². The predicted octanol–water partition coefficient (Wildman–Crippen LogP) is 4.63. The Morgan fingerprint density at radius 3 is 3.10 bits per heavy atom. The van der Waals surface area contributed by atoms with Gasteiger partial charge < -0.3 is 10.1 Å². The lowest BCUT2D eigenvalue weighted by Crippen LogP contribution is -2.21. The Hall–Kier alpha value is -0.380. The molecule has 1 fully saturated rings. The maximum Gasteiger partial charge on any atom is 0.0576 e. The lowest BCUT2D eigenvalue weighted by Gasteiger charge is -2.18. The molecule has 2 nitrogen and oxygen atoms in total. The van der Waals surface area contributed by atoms with Gasteiger partial charge >= 0.3 is 0 Å². The van der Waals surface area contributed by atoms with E-state index < -0.39 is 0 Å². The number of rotatable bonds is 8. The van der Waals surface area contributed by atoms with Crippen molar-refractivity contribution in [3.8, 4) is 0 Å². The Balaban J connectivity index is 1.54. The average Bonchev–Trinajstić information content (AvgIpc) is 3.18. The molecule has 2 unspecified atom stereocenters. The Kier molecular flexibility index (Phi) is 5.73. The van der Waals surface area contributed by atoms with Gasteiger partial charge in [-0.1, -0.05) is 6.92 Å². The third-order valence-electron chi connectivity index (χ3n) is 4.79. The van der Waals surface area contributed by atoms with Crippen molar-refractivity contribution in [3.63, 3.8) is 0 Å². The van der Waals surface area contributed by atoms with E-state index in [1.165, 1.54) is 57.8 Å². The minimum absolute atomic E-state index is 0.546. The maximum atomic E-state index is 5.75. The monoisotopic (exact) mass is 307 g/mol. The van der Waals surface area contributed by atoms with Crippen LogP contribution in [0.3, 0.4) is 0 Å². The molecule has 2 aliphatic rings. The van der Waals surface area contributed by atoms with E-state index in [4.69, 9.17) is 4.74 Å². The minimum atomic E-state index is 0.546. The van der Waals surface area contributed by atoms with Gasteiger partial charge in [0.15, 0.2) is 0 Å². The summed E-state index contributed by atoms with van der Waals surface area (Å²) in [5, 5.41) is 3.77. The van der Waals surface area contributed by atoms with Gasteiger partial charge in [0.05, 0.1) is 6.10 Å². The zero-order valence-corrected chi connectivity index (χ0v) is 14.1. The van der Waals surface area contributed by atoms with Crippen molar-refractivity contribution in [2.24, 2.45) is 0 Å².